The van der Waals surface area contributed by atoms with E-state index in [9.17, 15) is 22.8 Å². The second-order valence-corrected chi connectivity index (χ2v) is 7.74. The van der Waals surface area contributed by atoms with Crippen LogP contribution < -0.4 is 0 Å². The van der Waals surface area contributed by atoms with Crippen LogP contribution in [0.3, 0.4) is 0 Å². The minimum absolute atomic E-state index is 0.0578. The van der Waals surface area contributed by atoms with Gasteiger partial charge >= 0.3 is 12.3 Å². The second kappa shape index (κ2) is 7.06. The highest BCUT2D eigenvalue weighted by Crippen LogP contribution is 2.37. The Kier molecular flexibility index (Phi) is 5.56. The molecule has 0 saturated carbocycles. The number of likely N-dealkylation sites (tertiary alicyclic amines) is 1. The minimum Gasteiger partial charge on any atom is -0.444 e. The highest BCUT2D eigenvalue weighted by molar-refractivity contribution is 6.30. The van der Waals surface area contributed by atoms with E-state index in [2.05, 4.69) is 4.98 Å². The summed E-state index contributed by atoms with van der Waals surface area (Å²) in [7, 11) is 0. The average Bonchev–Trinajstić information content (AvgIpc) is 2.44. The Morgan fingerprint density at radius 1 is 1.31 bits per heavy atom. The summed E-state index contributed by atoms with van der Waals surface area (Å²) in [6.07, 6.45) is -5.20. The van der Waals surface area contributed by atoms with Crippen molar-refractivity contribution in [1.29, 1.82) is 0 Å². The third kappa shape index (κ3) is 4.66. The van der Waals surface area contributed by atoms with Crippen LogP contribution in [0.25, 0.3) is 0 Å². The van der Waals surface area contributed by atoms with Crippen LogP contribution in [0.1, 0.15) is 51.4 Å². The van der Waals surface area contributed by atoms with Crippen LogP contribution in [-0.4, -0.2) is 33.9 Å². The molecule has 2 heterocycles. The van der Waals surface area contributed by atoms with E-state index in [4.69, 9.17) is 16.3 Å². The molecular weight excluding hydrogens is 373 g/mol. The van der Waals surface area contributed by atoms with E-state index in [1.807, 2.05) is 0 Å². The molecule has 0 N–H and O–H groups in total. The Bertz CT molecular complexity index is 716. The lowest BCUT2D eigenvalue weighted by molar-refractivity contribution is -0.141. The van der Waals surface area contributed by atoms with Crippen molar-refractivity contribution in [2.75, 3.05) is 6.54 Å². The standard InChI is InChI=1S/C17H20ClF3N2O3/c1-9-7-11(24)13(23(8-9)15(25)26-16(2,3)4)10-5-6-12(17(19,20)21)22-14(10)18/h5-6,9,13H,7-8H2,1-4H3/t9-,13-/m1/s1. The Labute approximate surface area is 154 Å². The fraction of sp³-hybridized carbons (Fsp3) is 0.588. The Balaban J connectivity index is 2.42. The van der Waals surface area contributed by atoms with Crippen LogP contribution in [0.5, 0.6) is 0 Å². The lowest BCUT2D eigenvalue weighted by Gasteiger charge is -2.38. The van der Waals surface area contributed by atoms with Crippen molar-refractivity contribution in [1.82, 2.24) is 9.88 Å². The molecule has 1 aliphatic rings. The number of rotatable bonds is 1. The summed E-state index contributed by atoms with van der Waals surface area (Å²) in [5, 5.41) is -0.457. The number of ether oxygens (including phenoxy) is 1. The van der Waals surface area contributed by atoms with Crippen LogP contribution in [0.4, 0.5) is 18.0 Å². The van der Waals surface area contributed by atoms with Gasteiger partial charge in [-0.2, -0.15) is 13.2 Å². The molecule has 26 heavy (non-hydrogen) atoms. The highest BCUT2D eigenvalue weighted by atomic mass is 35.5. The smallest absolute Gasteiger partial charge is 0.433 e. The van der Waals surface area contributed by atoms with E-state index in [1.54, 1.807) is 27.7 Å². The van der Waals surface area contributed by atoms with Crippen LogP contribution in [0, 0.1) is 5.92 Å². The molecule has 1 aromatic rings. The zero-order valence-corrected chi connectivity index (χ0v) is 15.6. The number of halogens is 4. The normalized spacial score (nSPS) is 21.7. The fourth-order valence-electron chi connectivity index (χ4n) is 2.78. The predicted molar refractivity (Wildman–Crippen MR) is 88.7 cm³/mol. The second-order valence-electron chi connectivity index (χ2n) is 7.39. The molecule has 144 valence electrons. The first-order valence-electron chi connectivity index (χ1n) is 8.05. The molecule has 0 aromatic carbocycles. The number of amides is 1. The topological polar surface area (TPSA) is 59.5 Å². The van der Waals surface area contributed by atoms with Crippen molar-refractivity contribution in [3.8, 4) is 0 Å². The number of hydrogen-bond donors (Lipinski definition) is 0. The molecule has 0 unspecified atom stereocenters. The molecule has 1 fully saturated rings. The van der Waals surface area contributed by atoms with Gasteiger partial charge in [-0.05, 0) is 32.8 Å². The van der Waals surface area contributed by atoms with Gasteiger partial charge in [0.15, 0.2) is 5.78 Å². The van der Waals surface area contributed by atoms with Gasteiger partial charge in [-0.3, -0.25) is 9.69 Å². The first kappa shape index (κ1) is 20.5. The maximum atomic E-state index is 12.8. The molecule has 0 bridgehead atoms. The molecule has 0 aliphatic carbocycles. The number of carbonyl (C=O) groups is 2. The van der Waals surface area contributed by atoms with Crippen LogP contribution in [0.2, 0.25) is 5.15 Å². The molecule has 1 aromatic heterocycles. The number of pyridine rings is 1. The molecule has 1 amide bonds. The SMILES string of the molecule is C[C@@H]1CC(=O)[C@@H](c2ccc(C(F)(F)F)nc2Cl)N(C(=O)OC(C)(C)C)C1. The van der Waals surface area contributed by atoms with Crippen LogP contribution in [-0.2, 0) is 15.7 Å². The molecule has 0 radical (unpaired) electrons. The van der Waals surface area contributed by atoms with Crippen LogP contribution in [0.15, 0.2) is 12.1 Å². The maximum absolute atomic E-state index is 12.8. The van der Waals surface area contributed by atoms with Gasteiger partial charge in [0.05, 0.1) is 0 Å². The van der Waals surface area contributed by atoms with Crippen molar-refractivity contribution >= 4 is 23.5 Å². The zero-order valence-electron chi connectivity index (χ0n) is 14.9. The zero-order chi connectivity index (χ0) is 19.9. The Hall–Kier alpha value is -1.83. The highest BCUT2D eigenvalue weighted by Gasteiger charge is 2.41. The van der Waals surface area contributed by atoms with E-state index in [-0.39, 0.29) is 30.2 Å². The lowest BCUT2D eigenvalue weighted by atomic mass is 9.89. The monoisotopic (exact) mass is 392 g/mol. The predicted octanol–water partition coefficient (Wildman–Crippen LogP) is 4.64. The van der Waals surface area contributed by atoms with Crippen molar-refractivity contribution < 1.29 is 27.5 Å². The van der Waals surface area contributed by atoms with Gasteiger partial charge in [-0.1, -0.05) is 24.6 Å². The molecule has 1 aliphatic heterocycles. The van der Waals surface area contributed by atoms with E-state index in [0.29, 0.717) is 0 Å². The number of ketones is 1. The van der Waals surface area contributed by atoms with Gasteiger partial charge < -0.3 is 4.74 Å². The number of aromatic nitrogens is 1. The fourth-order valence-corrected chi connectivity index (χ4v) is 3.04. The number of alkyl halides is 3. The summed E-state index contributed by atoms with van der Waals surface area (Å²) in [6, 6.07) is 0.719. The number of hydrogen-bond acceptors (Lipinski definition) is 4. The van der Waals surface area contributed by atoms with Gasteiger partial charge in [-0.25, -0.2) is 9.78 Å². The first-order valence-corrected chi connectivity index (χ1v) is 8.43. The molecule has 9 heteroatoms. The summed E-state index contributed by atoms with van der Waals surface area (Å²) in [5.41, 5.74) is -1.89. The average molecular weight is 393 g/mol. The summed E-state index contributed by atoms with van der Waals surface area (Å²) < 4.78 is 43.7. The Morgan fingerprint density at radius 3 is 2.42 bits per heavy atom. The van der Waals surface area contributed by atoms with Gasteiger partial charge in [0.2, 0.25) is 0 Å². The number of piperidine rings is 1. The van der Waals surface area contributed by atoms with Crippen molar-refractivity contribution in [2.24, 2.45) is 5.92 Å². The molecule has 0 spiro atoms. The summed E-state index contributed by atoms with van der Waals surface area (Å²) >= 11 is 5.93. The molecule has 2 rings (SSSR count). The third-order valence-electron chi connectivity index (χ3n) is 3.77. The van der Waals surface area contributed by atoms with E-state index in [1.165, 1.54) is 4.90 Å². The van der Waals surface area contributed by atoms with E-state index >= 15 is 0 Å². The van der Waals surface area contributed by atoms with Gasteiger partial charge in [0.1, 0.15) is 22.5 Å². The van der Waals surface area contributed by atoms with E-state index in [0.717, 1.165) is 12.1 Å². The summed E-state index contributed by atoms with van der Waals surface area (Å²) in [6.45, 7) is 7.08. The number of carbonyl (C=O) groups excluding carboxylic acids is 2. The molecule has 2 atom stereocenters. The van der Waals surface area contributed by atoms with Gasteiger partial charge in [0.25, 0.3) is 0 Å². The minimum atomic E-state index is -4.65. The molecule has 5 nitrogen and oxygen atoms in total. The van der Waals surface area contributed by atoms with Crippen LogP contribution >= 0.6 is 11.6 Å². The van der Waals surface area contributed by atoms with Gasteiger partial charge in [-0.15, -0.1) is 0 Å². The largest absolute Gasteiger partial charge is 0.444 e. The van der Waals surface area contributed by atoms with Gasteiger partial charge in [0, 0.05) is 18.5 Å². The Morgan fingerprint density at radius 2 is 1.92 bits per heavy atom. The first-order chi connectivity index (χ1) is 11.8. The third-order valence-corrected chi connectivity index (χ3v) is 4.07. The summed E-state index contributed by atoms with van der Waals surface area (Å²) in [5.74, 6) is -0.425. The molecule has 1 saturated heterocycles. The van der Waals surface area contributed by atoms with Crippen molar-refractivity contribution in [2.45, 2.75) is 51.9 Å². The summed E-state index contributed by atoms with van der Waals surface area (Å²) in [4.78, 5) is 29.7. The maximum Gasteiger partial charge on any atom is 0.433 e. The number of Topliss-reactive ketones (excluding diaryl/α,β-unsaturated/α-hetero) is 1. The van der Waals surface area contributed by atoms with Crippen molar-refractivity contribution in [3.63, 3.8) is 0 Å². The van der Waals surface area contributed by atoms with E-state index < -0.39 is 34.8 Å². The number of nitrogens with zero attached hydrogens (tertiary/aromatic N) is 2. The lowest BCUT2D eigenvalue weighted by Crippen LogP contribution is -2.48. The van der Waals surface area contributed by atoms with Crippen molar-refractivity contribution in [3.05, 3.63) is 28.5 Å². The quantitative estimate of drug-likeness (QED) is 0.653. The molecular formula is C17H20ClF3N2O3.